The van der Waals surface area contributed by atoms with Crippen molar-refractivity contribution in [3.05, 3.63) is 94.5 Å². The summed E-state index contributed by atoms with van der Waals surface area (Å²) in [7, 11) is -3.74. The molecule has 3 aromatic rings. The highest BCUT2D eigenvalue weighted by atomic mass is 35.5. The van der Waals surface area contributed by atoms with E-state index in [4.69, 9.17) is 16.3 Å². The number of amides is 2. The van der Waals surface area contributed by atoms with Crippen LogP contribution < -0.4 is 19.8 Å². The Morgan fingerprint density at radius 1 is 1.00 bits per heavy atom. The number of hydrogen-bond acceptors (Lipinski definition) is 6. The molecule has 0 aliphatic rings. The molecule has 0 fully saturated rings. The summed E-state index contributed by atoms with van der Waals surface area (Å²) in [4.78, 5) is 24.4. The average Bonchev–Trinajstić information content (AvgIpc) is 2.87. The lowest BCUT2D eigenvalue weighted by atomic mass is 10.2. The lowest BCUT2D eigenvalue weighted by Crippen LogP contribution is -2.39. The molecule has 2 amide bonds. The van der Waals surface area contributed by atoms with Crippen LogP contribution in [-0.2, 0) is 26.2 Å². The number of hydrazone groups is 1. The van der Waals surface area contributed by atoms with Crippen LogP contribution in [0.15, 0.2) is 77.9 Å². The molecule has 0 bridgehead atoms. The zero-order chi connectivity index (χ0) is 26.8. The van der Waals surface area contributed by atoms with Gasteiger partial charge in [0.25, 0.3) is 11.8 Å². The standard InChI is InChI=1S/C26H27ClN4O5S/c1-19-23(27)9-6-10-24(19)31(37(2,34)35)17-25(32)30-29-16-21-11-13-22(14-12-21)36-18-26(33)28-15-20-7-4-3-5-8-20/h3-14,16H,15,17-18H2,1-2H3,(H,28,33)(H,30,32)/b29-16-. The summed E-state index contributed by atoms with van der Waals surface area (Å²) in [5.41, 5.74) is 4.84. The van der Waals surface area contributed by atoms with Gasteiger partial charge in [-0.05, 0) is 60.0 Å². The van der Waals surface area contributed by atoms with Gasteiger partial charge in [-0.1, -0.05) is 48.0 Å². The average molecular weight is 543 g/mol. The predicted molar refractivity (Wildman–Crippen MR) is 144 cm³/mol. The third-order valence-corrected chi connectivity index (χ3v) is 6.72. The Kier molecular flexibility index (Phi) is 9.64. The van der Waals surface area contributed by atoms with Crippen LogP contribution in [0, 0.1) is 6.92 Å². The number of carbonyl (C=O) groups excluding carboxylic acids is 2. The summed E-state index contributed by atoms with van der Waals surface area (Å²) in [5.74, 6) is -0.368. The molecule has 11 heteroatoms. The van der Waals surface area contributed by atoms with Gasteiger partial charge in [-0.2, -0.15) is 5.10 Å². The Morgan fingerprint density at radius 3 is 2.38 bits per heavy atom. The second-order valence-corrected chi connectivity index (χ2v) is 10.4. The van der Waals surface area contributed by atoms with Crippen molar-refractivity contribution in [2.24, 2.45) is 5.10 Å². The van der Waals surface area contributed by atoms with E-state index < -0.39 is 22.5 Å². The number of carbonyl (C=O) groups is 2. The molecule has 0 spiro atoms. The van der Waals surface area contributed by atoms with Crippen molar-refractivity contribution in [2.45, 2.75) is 13.5 Å². The molecule has 2 N–H and O–H groups in total. The van der Waals surface area contributed by atoms with Gasteiger partial charge in [-0.25, -0.2) is 13.8 Å². The lowest BCUT2D eigenvalue weighted by Gasteiger charge is -2.23. The molecule has 0 heterocycles. The van der Waals surface area contributed by atoms with Crippen LogP contribution in [0.5, 0.6) is 5.75 Å². The van der Waals surface area contributed by atoms with E-state index in [0.29, 0.717) is 34.1 Å². The van der Waals surface area contributed by atoms with Gasteiger partial charge in [-0.15, -0.1) is 0 Å². The fourth-order valence-corrected chi connectivity index (χ4v) is 4.31. The van der Waals surface area contributed by atoms with Crippen LogP contribution in [0.3, 0.4) is 0 Å². The number of rotatable bonds is 11. The Hall–Kier alpha value is -3.89. The van der Waals surface area contributed by atoms with Crippen LogP contribution in [-0.4, -0.2) is 45.9 Å². The molecule has 9 nitrogen and oxygen atoms in total. The second kappa shape index (κ2) is 12.9. The smallest absolute Gasteiger partial charge is 0.260 e. The van der Waals surface area contributed by atoms with E-state index in [0.717, 1.165) is 16.1 Å². The van der Waals surface area contributed by atoms with Gasteiger partial charge >= 0.3 is 0 Å². The minimum absolute atomic E-state index is 0.126. The van der Waals surface area contributed by atoms with Crippen LogP contribution in [0.2, 0.25) is 5.02 Å². The van der Waals surface area contributed by atoms with E-state index in [9.17, 15) is 18.0 Å². The first-order chi connectivity index (χ1) is 17.6. The molecule has 3 rings (SSSR count). The molecular formula is C26H27ClN4O5S. The molecule has 37 heavy (non-hydrogen) atoms. The van der Waals surface area contributed by atoms with Crippen LogP contribution >= 0.6 is 11.6 Å². The van der Waals surface area contributed by atoms with Crippen molar-refractivity contribution in [3.63, 3.8) is 0 Å². The first kappa shape index (κ1) is 27.7. The maximum Gasteiger partial charge on any atom is 0.260 e. The SMILES string of the molecule is Cc1c(Cl)cccc1N(CC(=O)N/N=C\c1ccc(OCC(=O)NCc2ccccc2)cc1)S(C)(=O)=O. The van der Waals surface area contributed by atoms with E-state index in [-0.39, 0.29) is 12.5 Å². The number of nitrogens with one attached hydrogen (secondary N) is 2. The number of hydrogen-bond donors (Lipinski definition) is 2. The lowest BCUT2D eigenvalue weighted by molar-refractivity contribution is -0.123. The fraction of sp³-hybridized carbons (Fsp3) is 0.192. The molecular weight excluding hydrogens is 516 g/mol. The highest BCUT2D eigenvalue weighted by molar-refractivity contribution is 7.92. The van der Waals surface area contributed by atoms with Crippen molar-refractivity contribution in [1.29, 1.82) is 0 Å². The maximum atomic E-state index is 12.4. The third kappa shape index (κ3) is 8.62. The summed E-state index contributed by atoms with van der Waals surface area (Å²) >= 11 is 6.11. The summed E-state index contributed by atoms with van der Waals surface area (Å²) in [6.07, 6.45) is 2.42. The zero-order valence-corrected chi connectivity index (χ0v) is 21.9. The largest absolute Gasteiger partial charge is 0.484 e. The number of anilines is 1. The molecule has 0 saturated carbocycles. The van der Waals surface area contributed by atoms with Crippen molar-refractivity contribution < 1.29 is 22.7 Å². The highest BCUT2D eigenvalue weighted by Gasteiger charge is 2.23. The molecule has 0 aromatic heterocycles. The van der Waals surface area contributed by atoms with E-state index in [2.05, 4.69) is 15.8 Å². The minimum Gasteiger partial charge on any atom is -0.484 e. The molecule has 0 saturated heterocycles. The van der Waals surface area contributed by atoms with Crippen molar-refractivity contribution >= 4 is 45.3 Å². The van der Waals surface area contributed by atoms with Crippen molar-refractivity contribution in [3.8, 4) is 5.75 Å². The number of nitrogens with zero attached hydrogens (tertiary/aromatic N) is 2. The van der Waals surface area contributed by atoms with Gasteiger partial charge in [0.2, 0.25) is 10.0 Å². The first-order valence-corrected chi connectivity index (χ1v) is 13.4. The normalized spacial score (nSPS) is 11.2. The van der Waals surface area contributed by atoms with Crippen LogP contribution in [0.4, 0.5) is 5.69 Å². The second-order valence-electron chi connectivity index (χ2n) is 8.07. The molecule has 0 unspecified atom stereocenters. The van der Waals surface area contributed by atoms with Gasteiger partial charge in [0.05, 0.1) is 18.2 Å². The topological polar surface area (TPSA) is 117 Å². The Labute approximate surface area is 221 Å². The molecule has 194 valence electrons. The van der Waals surface area contributed by atoms with Gasteiger partial charge in [-0.3, -0.25) is 13.9 Å². The van der Waals surface area contributed by atoms with Crippen LogP contribution in [0.1, 0.15) is 16.7 Å². The quantitative estimate of drug-likeness (QED) is 0.285. The molecule has 3 aromatic carbocycles. The summed E-state index contributed by atoms with van der Waals surface area (Å²) in [6, 6.07) is 21.1. The summed E-state index contributed by atoms with van der Waals surface area (Å²) in [6.45, 7) is 1.51. The number of benzene rings is 3. The van der Waals surface area contributed by atoms with Gasteiger partial charge in [0, 0.05) is 11.6 Å². The summed E-state index contributed by atoms with van der Waals surface area (Å²) < 4.78 is 31.0. The van der Waals surface area contributed by atoms with Crippen LogP contribution in [0.25, 0.3) is 0 Å². The van der Waals surface area contributed by atoms with Crippen molar-refractivity contribution in [1.82, 2.24) is 10.7 Å². The Balaban J connectivity index is 1.49. The van der Waals surface area contributed by atoms with E-state index in [1.54, 1.807) is 49.4 Å². The first-order valence-electron chi connectivity index (χ1n) is 11.2. The van der Waals surface area contributed by atoms with Crippen molar-refractivity contribution in [2.75, 3.05) is 23.7 Å². The van der Waals surface area contributed by atoms with E-state index >= 15 is 0 Å². The molecule has 0 aliphatic carbocycles. The van der Waals surface area contributed by atoms with E-state index in [1.165, 1.54) is 6.21 Å². The van der Waals surface area contributed by atoms with Gasteiger partial charge < -0.3 is 10.1 Å². The molecule has 0 aliphatic heterocycles. The molecule has 0 atom stereocenters. The predicted octanol–water partition coefficient (Wildman–Crippen LogP) is 3.26. The van der Waals surface area contributed by atoms with E-state index in [1.807, 2.05) is 30.3 Å². The number of sulfonamides is 1. The zero-order valence-electron chi connectivity index (χ0n) is 20.3. The van der Waals surface area contributed by atoms with Gasteiger partial charge in [0.1, 0.15) is 12.3 Å². The Bertz CT molecular complexity index is 1360. The Morgan fingerprint density at radius 2 is 1.70 bits per heavy atom. The minimum atomic E-state index is -3.74. The summed E-state index contributed by atoms with van der Waals surface area (Å²) in [5, 5.41) is 7.07. The number of halogens is 1. The number of ether oxygens (including phenoxy) is 1. The molecule has 0 radical (unpaired) electrons. The van der Waals surface area contributed by atoms with Gasteiger partial charge in [0.15, 0.2) is 6.61 Å². The third-order valence-electron chi connectivity index (χ3n) is 5.18. The maximum absolute atomic E-state index is 12.4. The fourth-order valence-electron chi connectivity index (χ4n) is 3.24. The highest BCUT2D eigenvalue weighted by Crippen LogP contribution is 2.28. The monoisotopic (exact) mass is 542 g/mol.